The zero-order valence-corrected chi connectivity index (χ0v) is 18.2. The van der Waals surface area contributed by atoms with Crippen molar-refractivity contribution >= 4 is 23.9 Å². The standard InChI is InChI=1S/C24H21N5O2S/c1-17-11-13-20(14-12-17)29-23(18-7-3-2-4-8-18)27-28-24(29)32-16-22(31)26-25-15-19-9-5-6-10-21(19)30/h2-15,30H,16H2,1H3,(H,26,31)/b25-15-. The van der Waals surface area contributed by atoms with Crippen LogP contribution in [-0.4, -0.2) is 37.7 Å². The minimum atomic E-state index is -0.290. The molecular weight excluding hydrogens is 422 g/mol. The van der Waals surface area contributed by atoms with Crippen molar-refractivity contribution in [3.05, 3.63) is 90.0 Å². The largest absolute Gasteiger partial charge is 0.507 e. The van der Waals surface area contributed by atoms with E-state index in [2.05, 4.69) is 20.7 Å². The molecular formula is C24H21N5O2S. The highest BCUT2D eigenvalue weighted by atomic mass is 32.2. The highest BCUT2D eigenvalue weighted by molar-refractivity contribution is 7.99. The molecule has 8 heteroatoms. The van der Waals surface area contributed by atoms with Gasteiger partial charge in [0.15, 0.2) is 11.0 Å². The number of rotatable bonds is 7. The Morgan fingerprint density at radius 3 is 2.50 bits per heavy atom. The summed E-state index contributed by atoms with van der Waals surface area (Å²) >= 11 is 1.27. The number of para-hydroxylation sites is 1. The van der Waals surface area contributed by atoms with Gasteiger partial charge in [-0.3, -0.25) is 9.36 Å². The second-order valence-electron chi connectivity index (χ2n) is 6.98. The number of aromatic nitrogens is 3. The van der Waals surface area contributed by atoms with Crippen molar-refractivity contribution in [2.45, 2.75) is 12.1 Å². The summed E-state index contributed by atoms with van der Waals surface area (Å²) in [7, 11) is 0. The van der Waals surface area contributed by atoms with Gasteiger partial charge in [-0.2, -0.15) is 5.10 Å². The number of nitrogens with one attached hydrogen (secondary N) is 1. The zero-order chi connectivity index (χ0) is 22.3. The average molecular weight is 444 g/mol. The van der Waals surface area contributed by atoms with Gasteiger partial charge >= 0.3 is 0 Å². The molecule has 4 rings (SSSR count). The van der Waals surface area contributed by atoms with E-state index in [1.54, 1.807) is 24.3 Å². The van der Waals surface area contributed by atoms with Crippen LogP contribution in [0.3, 0.4) is 0 Å². The van der Waals surface area contributed by atoms with Crippen LogP contribution in [-0.2, 0) is 4.79 Å². The lowest BCUT2D eigenvalue weighted by molar-refractivity contribution is -0.118. The van der Waals surface area contributed by atoms with E-state index in [1.807, 2.05) is 66.1 Å². The fourth-order valence-corrected chi connectivity index (χ4v) is 3.74. The molecule has 0 saturated heterocycles. The van der Waals surface area contributed by atoms with E-state index >= 15 is 0 Å². The molecule has 0 unspecified atom stereocenters. The lowest BCUT2D eigenvalue weighted by atomic mass is 10.2. The van der Waals surface area contributed by atoms with Gasteiger partial charge < -0.3 is 5.11 Å². The monoisotopic (exact) mass is 443 g/mol. The molecule has 0 atom stereocenters. The van der Waals surface area contributed by atoms with Gasteiger partial charge in [-0.25, -0.2) is 5.43 Å². The molecule has 2 N–H and O–H groups in total. The van der Waals surface area contributed by atoms with E-state index in [9.17, 15) is 9.90 Å². The smallest absolute Gasteiger partial charge is 0.250 e. The van der Waals surface area contributed by atoms with Crippen molar-refractivity contribution in [1.29, 1.82) is 0 Å². The predicted octanol–water partition coefficient (Wildman–Crippen LogP) is 4.19. The lowest BCUT2D eigenvalue weighted by Crippen LogP contribution is -2.20. The van der Waals surface area contributed by atoms with E-state index in [1.165, 1.54) is 18.0 Å². The molecule has 0 fully saturated rings. The van der Waals surface area contributed by atoms with Crippen molar-refractivity contribution in [3.63, 3.8) is 0 Å². The summed E-state index contributed by atoms with van der Waals surface area (Å²) in [4.78, 5) is 12.3. The second kappa shape index (κ2) is 9.93. The van der Waals surface area contributed by atoms with Crippen LogP contribution in [0.1, 0.15) is 11.1 Å². The number of hydrogen-bond acceptors (Lipinski definition) is 6. The fraction of sp³-hybridized carbons (Fsp3) is 0.0833. The van der Waals surface area contributed by atoms with Gasteiger partial charge in [0.2, 0.25) is 0 Å². The summed E-state index contributed by atoms with van der Waals surface area (Å²) < 4.78 is 1.94. The molecule has 160 valence electrons. The second-order valence-corrected chi connectivity index (χ2v) is 7.93. The average Bonchev–Trinajstić information content (AvgIpc) is 3.24. The lowest BCUT2D eigenvalue weighted by Gasteiger charge is -2.10. The molecule has 0 bridgehead atoms. The molecule has 32 heavy (non-hydrogen) atoms. The molecule has 0 aliphatic rings. The van der Waals surface area contributed by atoms with Gasteiger partial charge in [-0.15, -0.1) is 10.2 Å². The SMILES string of the molecule is Cc1ccc(-n2c(SCC(=O)N/N=C\c3ccccc3O)nnc2-c2ccccc2)cc1. The topological polar surface area (TPSA) is 92.4 Å². The van der Waals surface area contributed by atoms with Gasteiger partial charge in [0, 0.05) is 16.8 Å². The number of aromatic hydroxyl groups is 1. The van der Waals surface area contributed by atoms with Crippen molar-refractivity contribution < 1.29 is 9.90 Å². The van der Waals surface area contributed by atoms with Crippen molar-refractivity contribution in [1.82, 2.24) is 20.2 Å². The number of carbonyl (C=O) groups excluding carboxylic acids is 1. The number of benzene rings is 3. The van der Waals surface area contributed by atoms with Gasteiger partial charge in [-0.1, -0.05) is 71.9 Å². The van der Waals surface area contributed by atoms with E-state index in [0.717, 1.165) is 16.8 Å². The number of phenolic OH excluding ortho intramolecular Hbond substituents is 1. The molecule has 0 saturated carbocycles. The molecule has 0 spiro atoms. The fourth-order valence-electron chi connectivity index (χ4n) is 3.00. The summed E-state index contributed by atoms with van der Waals surface area (Å²) in [5.41, 5.74) is 6.00. The molecule has 3 aromatic carbocycles. The van der Waals surface area contributed by atoms with Crippen molar-refractivity contribution in [3.8, 4) is 22.8 Å². The summed E-state index contributed by atoms with van der Waals surface area (Å²) in [6.45, 7) is 2.03. The molecule has 7 nitrogen and oxygen atoms in total. The van der Waals surface area contributed by atoms with Crippen molar-refractivity contribution in [2.75, 3.05) is 5.75 Å². The molecule has 1 heterocycles. The number of thioether (sulfide) groups is 1. The number of hydrogen-bond donors (Lipinski definition) is 2. The number of carbonyl (C=O) groups is 1. The molecule has 0 aliphatic carbocycles. The Kier molecular flexibility index (Phi) is 6.62. The third kappa shape index (κ3) is 5.04. The third-order valence-corrected chi connectivity index (χ3v) is 5.55. The molecule has 0 radical (unpaired) electrons. The minimum Gasteiger partial charge on any atom is -0.507 e. The van der Waals surface area contributed by atoms with Crippen LogP contribution >= 0.6 is 11.8 Å². The molecule has 4 aromatic rings. The maximum atomic E-state index is 12.3. The predicted molar refractivity (Wildman–Crippen MR) is 126 cm³/mol. The maximum absolute atomic E-state index is 12.3. The van der Waals surface area contributed by atoms with Crippen LogP contribution in [0.5, 0.6) is 5.75 Å². The normalized spacial score (nSPS) is 11.0. The summed E-state index contributed by atoms with van der Waals surface area (Å²) in [5.74, 6) is 0.618. The van der Waals surface area contributed by atoms with E-state index in [4.69, 9.17) is 0 Å². The summed E-state index contributed by atoms with van der Waals surface area (Å²) in [6.07, 6.45) is 1.40. The number of nitrogens with zero attached hydrogens (tertiary/aromatic N) is 4. The Morgan fingerprint density at radius 1 is 1.03 bits per heavy atom. The van der Waals surface area contributed by atoms with Gasteiger partial charge in [0.1, 0.15) is 5.75 Å². The first kappa shape index (κ1) is 21.3. The Bertz CT molecular complexity index is 1240. The summed E-state index contributed by atoms with van der Waals surface area (Å²) in [6, 6.07) is 24.6. The first-order chi connectivity index (χ1) is 15.6. The zero-order valence-electron chi connectivity index (χ0n) is 17.3. The van der Waals surface area contributed by atoms with Crippen molar-refractivity contribution in [2.24, 2.45) is 5.10 Å². The minimum absolute atomic E-state index is 0.0968. The number of hydrazone groups is 1. The molecule has 1 aromatic heterocycles. The number of aryl methyl sites for hydroxylation is 1. The Hall–Kier alpha value is -3.91. The Balaban J connectivity index is 1.51. The summed E-state index contributed by atoms with van der Waals surface area (Å²) in [5, 5.41) is 23.0. The first-order valence-electron chi connectivity index (χ1n) is 9.92. The molecule has 1 amide bonds. The van der Waals surface area contributed by atoms with E-state index < -0.39 is 0 Å². The first-order valence-corrected chi connectivity index (χ1v) is 10.9. The highest BCUT2D eigenvalue weighted by Crippen LogP contribution is 2.28. The number of phenols is 1. The van der Waals surface area contributed by atoms with Gasteiger partial charge in [0.25, 0.3) is 5.91 Å². The van der Waals surface area contributed by atoms with Crippen LogP contribution < -0.4 is 5.43 Å². The van der Waals surface area contributed by atoms with Crippen LogP contribution in [0.25, 0.3) is 17.1 Å². The Morgan fingerprint density at radius 2 is 1.75 bits per heavy atom. The third-order valence-electron chi connectivity index (χ3n) is 4.62. The Labute approximate surface area is 189 Å². The van der Waals surface area contributed by atoms with Crippen LogP contribution in [0.15, 0.2) is 89.1 Å². The quantitative estimate of drug-likeness (QED) is 0.254. The van der Waals surface area contributed by atoms with Gasteiger partial charge in [0.05, 0.1) is 12.0 Å². The molecule has 0 aliphatic heterocycles. The van der Waals surface area contributed by atoms with E-state index in [-0.39, 0.29) is 17.4 Å². The van der Waals surface area contributed by atoms with Crippen LogP contribution in [0, 0.1) is 6.92 Å². The maximum Gasteiger partial charge on any atom is 0.250 e. The van der Waals surface area contributed by atoms with E-state index in [0.29, 0.717) is 16.5 Å². The number of amides is 1. The van der Waals surface area contributed by atoms with Crippen LogP contribution in [0.2, 0.25) is 0 Å². The van der Waals surface area contributed by atoms with Gasteiger partial charge in [-0.05, 0) is 31.2 Å². The highest BCUT2D eigenvalue weighted by Gasteiger charge is 2.17. The van der Waals surface area contributed by atoms with Crippen LogP contribution in [0.4, 0.5) is 0 Å².